The van der Waals surface area contributed by atoms with Crippen molar-refractivity contribution < 1.29 is 14.3 Å². The Morgan fingerprint density at radius 3 is 2.70 bits per heavy atom. The number of aliphatic hydroxyl groups is 1. The van der Waals surface area contributed by atoms with Crippen molar-refractivity contribution in [3.63, 3.8) is 0 Å². The molecule has 1 amide bonds. The predicted octanol–water partition coefficient (Wildman–Crippen LogP) is 2.84. The highest BCUT2D eigenvalue weighted by Gasteiger charge is 2.29. The molecule has 1 atom stereocenters. The number of nitrogens with zero attached hydrogens (tertiary/aromatic N) is 2. The van der Waals surface area contributed by atoms with E-state index in [1.165, 1.54) is 6.39 Å². The molecule has 0 saturated carbocycles. The SMILES string of the molecule is O=C1CC(CO)CN1c1ccc(-c2ccc3ocnc3c2)cc1. The van der Waals surface area contributed by atoms with Gasteiger partial charge in [-0.05, 0) is 35.4 Å². The molecule has 1 unspecified atom stereocenters. The highest BCUT2D eigenvalue weighted by Crippen LogP contribution is 2.29. The molecular formula is C18H16N2O3. The molecule has 0 bridgehead atoms. The van der Waals surface area contributed by atoms with Gasteiger partial charge in [-0.1, -0.05) is 18.2 Å². The number of hydrogen-bond acceptors (Lipinski definition) is 4. The van der Waals surface area contributed by atoms with Crippen molar-refractivity contribution in [3.8, 4) is 11.1 Å². The van der Waals surface area contributed by atoms with Gasteiger partial charge in [0.05, 0.1) is 0 Å². The van der Waals surface area contributed by atoms with Crippen molar-refractivity contribution in [2.24, 2.45) is 5.92 Å². The smallest absolute Gasteiger partial charge is 0.227 e. The number of fused-ring (bicyclic) bond motifs is 1. The van der Waals surface area contributed by atoms with Gasteiger partial charge in [-0.2, -0.15) is 0 Å². The van der Waals surface area contributed by atoms with Gasteiger partial charge in [0.1, 0.15) is 5.52 Å². The zero-order valence-corrected chi connectivity index (χ0v) is 12.5. The lowest BCUT2D eigenvalue weighted by Gasteiger charge is -2.17. The first-order chi connectivity index (χ1) is 11.2. The predicted molar refractivity (Wildman–Crippen MR) is 87.0 cm³/mol. The first-order valence-electron chi connectivity index (χ1n) is 7.59. The van der Waals surface area contributed by atoms with E-state index in [2.05, 4.69) is 4.98 Å². The Hall–Kier alpha value is -2.66. The van der Waals surface area contributed by atoms with E-state index in [-0.39, 0.29) is 18.4 Å². The summed E-state index contributed by atoms with van der Waals surface area (Å²) in [6.45, 7) is 0.637. The van der Waals surface area contributed by atoms with Gasteiger partial charge in [0.25, 0.3) is 0 Å². The second-order valence-corrected chi connectivity index (χ2v) is 5.84. The zero-order chi connectivity index (χ0) is 15.8. The van der Waals surface area contributed by atoms with Crippen LogP contribution in [0.4, 0.5) is 5.69 Å². The summed E-state index contributed by atoms with van der Waals surface area (Å²) in [5.74, 6) is 0.109. The van der Waals surface area contributed by atoms with E-state index in [4.69, 9.17) is 4.42 Å². The van der Waals surface area contributed by atoms with Crippen LogP contribution in [0, 0.1) is 5.92 Å². The summed E-state index contributed by atoms with van der Waals surface area (Å²) in [7, 11) is 0. The molecule has 5 heteroatoms. The molecule has 2 heterocycles. The Balaban J connectivity index is 1.61. The molecule has 1 aliphatic heterocycles. The number of aliphatic hydroxyl groups excluding tert-OH is 1. The quantitative estimate of drug-likeness (QED) is 0.808. The fourth-order valence-electron chi connectivity index (χ4n) is 3.02. The van der Waals surface area contributed by atoms with Crippen LogP contribution in [0.3, 0.4) is 0 Å². The van der Waals surface area contributed by atoms with Crippen LogP contribution in [0.25, 0.3) is 22.2 Å². The lowest BCUT2D eigenvalue weighted by Crippen LogP contribution is -2.24. The minimum Gasteiger partial charge on any atom is -0.443 e. The van der Waals surface area contributed by atoms with Crippen molar-refractivity contribution in [2.45, 2.75) is 6.42 Å². The summed E-state index contributed by atoms with van der Waals surface area (Å²) in [5, 5.41) is 9.22. The van der Waals surface area contributed by atoms with Gasteiger partial charge >= 0.3 is 0 Å². The number of carbonyl (C=O) groups is 1. The molecule has 1 N–H and O–H groups in total. The Bertz CT molecular complexity index is 854. The molecule has 4 rings (SSSR count). The first kappa shape index (κ1) is 14.0. The Kier molecular flexibility index (Phi) is 3.35. The van der Waals surface area contributed by atoms with Gasteiger partial charge in [0, 0.05) is 31.2 Å². The third-order valence-corrected chi connectivity index (χ3v) is 4.31. The van der Waals surface area contributed by atoms with Gasteiger partial charge in [-0.3, -0.25) is 4.79 Å². The van der Waals surface area contributed by atoms with Crippen LogP contribution in [0.5, 0.6) is 0 Å². The van der Waals surface area contributed by atoms with Crippen LogP contribution in [-0.4, -0.2) is 29.1 Å². The van der Waals surface area contributed by atoms with E-state index >= 15 is 0 Å². The largest absolute Gasteiger partial charge is 0.443 e. The Morgan fingerprint density at radius 1 is 1.17 bits per heavy atom. The van der Waals surface area contributed by atoms with E-state index in [0.29, 0.717) is 13.0 Å². The minimum absolute atomic E-state index is 0.0387. The Morgan fingerprint density at radius 2 is 1.96 bits per heavy atom. The average molecular weight is 308 g/mol. The summed E-state index contributed by atoms with van der Waals surface area (Å²) >= 11 is 0. The second-order valence-electron chi connectivity index (χ2n) is 5.84. The summed E-state index contributed by atoms with van der Waals surface area (Å²) in [6.07, 6.45) is 1.86. The number of carbonyl (C=O) groups excluding carboxylic acids is 1. The molecule has 5 nitrogen and oxygen atoms in total. The minimum atomic E-state index is 0.0387. The number of anilines is 1. The maximum absolute atomic E-state index is 12.0. The average Bonchev–Trinajstić information content (AvgIpc) is 3.20. The standard InChI is InChI=1S/C18H16N2O3/c21-10-12-7-18(22)20(9-12)15-4-1-13(2-5-15)14-3-6-17-16(8-14)19-11-23-17/h1-6,8,11-12,21H,7,9-10H2. The van der Waals surface area contributed by atoms with E-state index in [9.17, 15) is 9.90 Å². The maximum Gasteiger partial charge on any atom is 0.227 e. The molecule has 1 aliphatic rings. The van der Waals surface area contributed by atoms with Crippen molar-refractivity contribution in [1.29, 1.82) is 0 Å². The summed E-state index contributed by atoms with van der Waals surface area (Å²) in [6, 6.07) is 13.8. The van der Waals surface area contributed by atoms with Gasteiger partial charge in [0.2, 0.25) is 5.91 Å². The molecule has 23 heavy (non-hydrogen) atoms. The van der Waals surface area contributed by atoms with Gasteiger partial charge in [-0.15, -0.1) is 0 Å². The third-order valence-electron chi connectivity index (χ3n) is 4.31. The molecule has 1 aromatic heterocycles. The van der Waals surface area contributed by atoms with Gasteiger partial charge in [-0.25, -0.2) is 4.98 Å². The van der Waals surface area contributed by atoms with Crippen LogP contribution in [-0.2, 0) is 4.79 Å². The molecule has 1 fully saturated rings. The number of benzene rings is 2. The van der Waals surface area contributed by atoms with Crippen molar-refractivity contribution >= 4 is 22.7 Å². The molecule has 0 spiro atoms. The summed E-state index contributed by atoms with van der Waals surface area (Å²) in [4.78, 5) is 17.9. The van der Waals surface area contributed by atoms with E-state index in [1.54, 1.807) is 4.90 Å². The second kappa shape index (κ2) is 5.52. The number of amides is 1. The molecule has 2 aromatic carbocycles. The van der Waals surface area contributed by atoms with Crippen molar-refractivity contribution in [2.75, 3.05) is 18.1 Å². The monoisotopic (exact) mass is 308 g/mol. The van der Waals surface area contributed by atoms with Crippen molar-refractivity contribution in [3.05, 3.63) is 48.9 Å². The van der Waals surface area contributed by atoms with E-state index in [1.807, 2.05) is 42.5 Å². The van der Waals surface area contributed by atoms with E-state index in [0.717, 1.165) is 27.9 Å². The molecule has 1 saturated heterocycles. The number of aromatic nitrogens is 1. The van der Waals surface area contributed by atoms with Crippen LogP contribution in [0.2, 0.25) is 0 Å². The lowest BCUT2D eigenvalue weighted by molar-refractivity contribution is -0.117. The van der Waals surface area contributed by atoms with Crippen LogP contribution >= 0.6 is 0 Å². The summed E-state index contributed by atoms with van der Waals surface area (Å²) in [5.41, 5.74) is 4.58. The van der Waals surface area contributed by atoms with Crippen LogP contribution in [0.1, 0.15) is 6.42 Å². The van der Waals surface area contributed by atoms with Gasteiger partial charge in [0.15, 0.2) is 12.0 Å². The Labute approximate surface area is 133 Å². The number of oxazole rings is 1. The molecule has 116 valence electrons. The molecule has 3 aromatic rings. The summed E-state index contributed by atoms with van der Waals surface area (Å²) < 4.78 is 5.25. The molecule has 0 radical (unpaired) electrons. The maximum atomic E-state index is 12.0. The lowest BCUT2D eigenvalue weighted by atomic mass is 10.0. The van der Waals surface area contributed by atoms with E-state index < -0.39 is 0 Å². The highest BCUT2D eigenvalue weighted by molar-refractivity contribution is 5.96. The topological polar surface area (TPSA) is 66.6 Å². The molecular weight excluding hydrogens is 292 g/mol. The number of hydrogen-bond donors (Lipinski definition) is 1. The zero-order valence-electron chi connectivity index (χ0n) is 12.5. The third kappa shape index (κ3) is 2.49. The van der Waals surface area contributed by atoms with Crippen LogP contribution < -0.4 is 4.90 Å². The molecule has 0 aliphatic carbocycles. The fourth-order valence-corrected chi connectivity index (χ4v) is 3.02. The number of rotatable bonds is 3. The van der Waals surface area contributed by atoms with Crippen molar-refractivity contribution in [1.82, 2.24) is 4.98 Å². The first-order valence-corrected chi connectivity index (χ1v) is 7.59. The van der Waals surface area contributed by atoms with Crippen LogP contribution in [0.15, 0.2) is 53.3 Å². The fraction of sp³-hybridized carbons (Fsp3) is 0.222. The normalized spacial score (nSPS) is 18.0. The van der Waals surface area contributed by atoms with Gasteiger partial charge < -0.3 is 14.4 Å². The highest BCUT2D eigenvalue weighted by atomic mass is 16.3.